The minimum Gasteiger partial charge on any atom is -0.392 e. The van der Waals surface area contributed by atoms with E-state index in [9.17, 15) is 9.90 Å². The Balaban J connectivity index is 2.23. The maximum atomic E-state index is 12.0. The van der Waals surface area contributed by atoms with Crippen molar-refractivity contribution in [2.24, 2.45) is 0 Å². The van der Waals surface area contributed by atoms with Crippen LogP contribution in [0.4, 0.5) is 0 Å². The van der Waals surface area contributed by atoms with Gasteiger partial charge in [-0.3, -0.25) is 9.89 Å². The molecule has 2 rings (SSSR count). The van der Waals surface area contributed by atoms with Crippen LogP contribution in [-0.4, -0.2) is 45.8 Å². The van der Waals surface area contributed by atoms with Crippen molar-refractivity contribution < 1.29 is 9.90 Å². The highest BCUT2D eigenvalue weighted by Gasteiger charge is 2.13. The number of nitrogens with one attached hydrogen (secondary N) is 1. The fourth-order valence-corrected chi connectivity index (χ4v) is 1.78. The van der Waals surface area contributed by atoms with Crippen molar-refractivity contribution in [2.45, 2.75) is 13.0 Å². The van der Waals surface area contributed by atoms with E-state index in [0.29, 0.717) is 12.1 Å². The van der Waals surface area contributed by atoms with Gasteiger partial charge in [-0.05, 0) is 25.1 Å². The first-order valence-electron chi connectivity index (χ1n) is 5.44. The predicted molar refractivity (Wildman–Crippen MR) is 64.7 cm³/mol. The van der Waals surface area contributed by atoms with Gasteiger partial charge in [-0.1, -0.05) is 0 Å². The lowest BCUT2D eigenvalue weighted by Crippen LogP contribution is -2.32. The van der Waals surface area contributed by atoms with Gasteiger partial charge in [-0.25, -0.2) is 0 Å². The highest BCUT2D eigenvalue weighted by Crippen LogP contribution is 2.14. The van der Waals surface area contributed by atoms with E-state index in [1.54, 1.807) is 32.3 Å². The Kier molecular flexibility index (Phi) is 3.10. The molecule has 0 aliphatic rings. The van der Waals surface area contributed by atoms with Gasteiger partial charge < -0.3 is 10.0 Å². The van der Waals surface area contributed by atoms with Crippen LogP contribution in [0.5, 0.6) is 0 Å². The van der Waals surface area contributed by atoms with Crippen LogP contribution in [0.3, 0.4) is 0 Å². The molecule has 1 heterocycles. The number of aromatic amines is 1. The zero-order chi connectivity index (χ0) is 12.4. The molecule has 2 aromatic rings. The number of rotatable bonds is 3. The summed E-state index contributed by atoms with van der Waals surface area (Å²) in [5.74, 6) is -0.103. The summed E-state index contributed by atoms with van der Waals surface area (Å²) in [7, 11) is 1.68. The molecule has 1 amide bonds. The van der Waals surface area contributed by atoms with Crippen LogP contribution in [0.1, 0.15) is 17.3 Å². The van der Waals surface area contributed by atoms with Gasteiger partial charge in [0.2, 0.25) is 0 Å². The molecule has 5 heteroatoms. The summed E-state index contributed by atoms with van der Waals surface area (Å²) in [5.41, 5.74) is 1.50. The number of amides is 1. The smallest absolute Gasteiger partial charge is 0.253 e. The normalized spacial score (nSPS) is 12.6. The topological polar surface area (TPSA) is 69.2 Å². The molecule has 0 aliphatic carbocycles. The summed E-state index contributed by atoms with van der Waals surface area (Å²) in [6.07, 6.45) is 1.16. The van der Waals surface area contributed by atoms with Crippen molar-refractivity contribution in [2.75, 3.05) is 13.6 Å². The van der Waals surface area contributed by atoms with E-state index in [-0.39, 0.29) is 5.91 Å². The molecule has 0 saturated carbocycles. The molecule has 0 aliphatic heterocycles. The number of nitrogens with zero attached hydrogens (tertiary/aromatic N) is 2. The summed E-state index contributed by atoms with van der Waals surface area (Å²) in [5, 5.41) is 16.9. The number of carbonyl (C=O) groups is 1. The van der Waals surface area contributed by atoms with E-state index in [2.05, 4.69) is 10.2 Å². The van der Waals surface area contributed by atoms with Crippen LogP contribution in [0.2, 0.25) is 0 Å². The molecule has 0 bridgehead atoms. The zero-order valence-electron chi connectivity index (χ0n) is 9.84. The first-order chi connectivity index (χ1) is 8.08. The molecule has 5 nitrogen and oxygen atoms in total. The number of fused-ring (bicyclic) bond motifs is 1. The Morgan fingerprint density at radius 2 is 2.35 bits per heavy atom. The maximum Gasteiger partial charge on any atom is 0.253 e. The second-order valence-electron chi connectivity index (χ2n) is 4.21. The number of benzene rings is 1. The highest BCUT2D eigenvalue weighted by atomic mass is 16.3. The molecule has 1 aromatic heterocycles. The molecular weight excluding hydrogens is 218 g/mol. The average molecular weight is 233 g/mol. The summed E-state index contributed by atoms with van der Waals surface area (Å²) in [6, 6.07) is 5.37. The monoisotopic (exact) mass is 233 g/mol. The number of hydrogen-bond acceptors (Lipinski definition) is 3. The van der Waals surface area contributed by atoms with Gasteiger partial charge in [0.25, 0.3) is 5.91 Å². The molecule has 17 heavy (non-hydrogen) atoms. The van der Waals surface area contributed by atoms with Crippen molar-refractivity contribution in [3.05, 3.63) is 30.0 Å². The molecule has 0 saturated heterocycles. The molecule has 0 fully saturated rings. The van der Waals surface area contributed by atoms with Crippen LogP contribution in [0.25, 0.3) is 10.9 Å². The largest absolute Gasteiger partial charge is 0.392 e. The van der Waals surface area contributed by atoms with E-state index in [0.717, 1.165) is 10.9 Å². The van der Waals surface area contributed by atoms with Gasteiger partial charge in [0.1, 0.15) is 0 Å². The van der Waals surface area contributed by atoms with Crippen molar-refractivity contribution in [1.82, 2.24) is 15.1 Å². The second kappa shape index (κ2) is 4.55. The molecule has 90 valence electrons. The lowest BCUT2D eigenvalue weighted by atomic mass is 10.1. The van der Waals surface area contributed by atoms with Gasteiger partial charge in [0.05, 0.1) is 17.8 Å². The SMILES string of the molecule is CC(O)CN(C)C(=O)c1ccc2[nH]ncc2c1. The number of likely N-dealkylation sites (N-methyl/N-ethyl adjacent to an activating group) is 1. The van der Waals surface area contributed by atoms with E-state index < -0.39 is 6.10 Å². The molecular formula is C12H15N3O2. The average Bonchev–Trinajstić information content (AvgIpc) is 2.73. The van der Waals surface area contributed by atoms with E-state index >= 15 is 0 Å². The first kappa shape index (κ1) is 11.6. The number of aliphatic hydroxyl groups excluding tert-OH is 1. The lowest BCUT2D eigenvalue weighted by Gasteiger charge is -2.18. The second-order valence-corrected chi connectivity index (χ2v) is 4.21. The van der Waals surface area contributed by atoms with Crippen LogP contribution in [0.15, 0.2) is 24.4 Å². The van der Waals surface area contributed by atoms with E-state index in [1.165, 1.54) is 4.90 Å². The van der Waals surface area contributed by atoms with Crippen LogP contribution < -0.4 is 0 Å². The molecule has 2 N–H and O–H groups in total. The third-order valence-corrected chi connectivity index (χ3v) is 2.57. The lowest BCUT2D eigenvalue weighted by molar-refractivity contribution is 0.0704. The summed E-state index contributed by atoms with van der Waals surface area (Å²) in [4.78, 5) is 13.5. The van der Waals surface area contributed by atoms with Gasteiger partial charge in [0, 0.05) is 24.5 Å². The molecule has 0 spiro atoms. The minimum atomic E-state index is -0.526. The van der Waals surface area contributed by atoms with Gasteiger partial charge >= 0.3 is 0 Å². The molecule has 1 atom stereocenters. The number of carbonyl (C=O) groups excluding carboxylic acids is 1. The zero-order valence-corrected chi connectivity index (χ0v) is 9.84. The number of hydrogen-bond donors (Lipinski definition) is 2. The Morgan fingerprint density at radius 3 is 3.06 bits per heavy atom. The van der Waals surface area contributed by atoms with Crippen LogP contribution in [0, 0.1) is 0 Å². The number of H-pyrrole nitrogens is 1. The van der Waals surface area contributed by atoms with Crippen molar-refractivity contribution >= 4 is 16.8 Å². The highest BCUT2D eigenvalue weighted by molar-refractivity contribution is 5.97. The van der Waals surface area contributed by atoms with Crippen LogP contribution in [-0.2, 0) is 0 Å². The third-order valence-electron chi connectivity index (χ3n) is 2.57. The summed E-state index contributed by atoms with van der Waals surface area (Å²) >= 11 is 0. The van der Waals surface area contributed by atoms with Crippen molar-refractivity contribution in [3.8, 4) is 0 Å². The summed E-state index contributed by atoms with van der Waals surface area (Å²) in [6.45, 7) is 1.98. The van der Waals surface area contributed by atoms with Gasteiger partial charge in [-0.2, -0.15) is 5.10 Å². The fourth-order valence-electron chi connectivity index (χ4n) is 1.78. The Labute approximate surface area is 99.1 Å². The number of aromatic nitrogens is 2. The summed E-state index contributed by atoms with van der Waals surface area (Å²) < 4.78 is 0. The molecule has 0 radical (unpaired) electrons. The van der Waals surface area contributed by atoms with E-state index in [4.69, 9.17) is 0 Å². The van der Waals surface area contributed by atoms with Crippen molar-refractivity contribution in [1.29, 1.82) is 0 Å². The minimum absolute atomic E-state index is 0.103. The number of aliphatic hydroxyl groups is 1. The van der Waals surface area contributed by atoms with Crippen molar-refractivity contribution in [3.63, 3.8) is 0 Å². The van der Waals surface area contributed by atoms with Crippen LogP contribution >= 0.6 is 0 Å². The molecule has 1 unspecified atom stereocenters. The fraction of sp³-hybridized carbons (Fsp3) is 0.333. The van der Waals surface area contributed by atoms with Gasteiger partial charge in [0.15, 0.2) is 0 Å². The maximum absolute atomic E-state index is 12.0. The Morgan fingerprint density at radius 1 is 1.59 bits per heavy atom. The standard InChI is InChI=1S/C12H15N3O2/c1-8(16)7-15(2)12(17)9-3-4-11-10(5-9)6-13-14-11/h3-6,8,16H,7H2,1-2H3,(H,13,14). The van der Waals surface area contributed by atoms with E-state index in [1.807, 2.05) is 6.07 Å². The first-order valence-corrected chi connectivity index (χ1v) is 5.44. The predicted octanol–water partition coefficient (Wildman–Crippen LogP) is 1.02. The Hall–Kier alpha value is -1.88. The third kappa shape index (κ3) is 2.45. The van der Waals surface area contributed by atoms with Gasteiger partial charge in [-0.15, -0.1) is 0 Å². The Bertz CT molecular complexity index is 533. The molecule has 1 aromatic carbocycles. The quantitative estimate of drug-likeness (QED) is 0.831.